The van der Waals surface area contributed by atoms with Crippen LogP contribution in [0.15, 0.2) is 24.3 Å². The summed E-state index contributed by atoms with van der Waals surface area (Å²) in [5.41, 5.74) is 2.60. The van der Waals surface area contributed by atoms with Crippen LogP contribution in [0.25, 0.3) is 10.9 Å². The molecule has 23 heavy (non-hydrogen) atoms. The molecule has 1 aliphatic heterocycles. The summed E-state index contributed by atoms with van der Waals surface area (Å²) in [7, 11) is 1.65. The highest BCUT2D eigenvalue weighted by Gasteiger charge is 2.31. The van der Waals surface area contributed by atoms with Crippen LogP contribution in [0.2, 0.25) is 0 Å². The zero-order chi connectivity index (χ0) is 16.6. The highest BCUT2D eigenvalue weighted by atomic mass is 16.5. The molecule has 0 aliphatic carbocycles. The van der Waals surface area contributed by atoms with E-state index in [2.05, 4.69) is 0 Å². The van der Waals surface area contributed by atoms with Crippen LogP contribution >= 0.6 is 0 Å². The van der Waals surface area contributed by atoms with Crippen molar-refractivity contribution in [1.82, 2.24) is 9.47 Å². The maximum atomic E-state index is 12.4. The van der Waals surface area contributed by atoms with E-state index in [-0.39, 0.29) is 25.0 Å². The predicted octanol–water partition coefficient (Wildman–Crippen LogP) is 1.43. The number of nitrogens with zero attached hydrogens (tertiary/aromatic N) is 2. The van der Waals surface area contributed by atoms with Crippen LogP contribution in [0, 0.1) is 6.92 Å². The molecule has 0 atom stereocenters. The minimum Gasteiger partial charge on any atom is -0.480 e. The Labute approximate surface area is 134 Å². The molecule has 1 saturated heterocycles. The molecule has 1 N–H and O–H groups in total. The van der Waals surface area contributed by atoms with Crippen molar-refractivity contribution < 1.29 is 19.4 Å². The fourth-order valence-corrected chi connectivity index (χ4v) is 3.12. The monoisotopic (exact) mass is 316 g/mol. The molecule has 1 amide bonds. The fraction of sp³-hybridized carbons (Fsp3) is 0.412. The van der Waals surface area contributed by atoms with Gasteiger partial charge in [-0.05, 0) is 18.6 Å². The van der Waals surface area contributed by atoms with Gasteiger partial charge in [-0.25, -0.2) is 0 Å². The quantitative estimate of drug-likeness (QED) is 0.906. The molecule has 1 fully saturated rings. The molecule has 3 rings (SSSR count). The first-order valence-electron chi connectivity index (χ1n) is 7.60. The lowest BCUT2D eigenvalue weighted by Crippen LogP contribution is -2.54. The third kappa shape index (κ3) is 2.82. The van der Waals surface area contributed by atoms with Gasteiger partial charge in [0.25, 0.3) is 0 Å². The number of carboxylic acid groups (broad SMARTS) is 1. The first kappa shape index (κ1) is 15.6. The average Bonchev–Trinajstić information content (AvgIpc) is 2.72. The van der Waals surface area contributed by atoms with E-state index in [1.807, 2.05) is 31.2 Å². The molecule has 0 radical (unpaired) electrons. The van der Waals surface area contributed by atoms with E-state index < -0.39 is 5.97 Å². The Morgan fingerprint density at radius 3 is 2.65 bits per heavy atom. The third-order valence-corrected chi connectivity index (χ3v) is 4.52. The average molecular weight is 316 g/mol. The number of aromatic nitrogens is 1. The molecule has 0 saturated carbocycles. The Hall–Kier alpha value is -2.34. The molecule has 6 nitrogen and oxygen atoms in total. The second-order valence-corrected chi connectivity index (χ2v) is 5.89. The number of carbonyl (C=O) groups is 2. The highest BCUT2D eigenvalue weighted by Crippen LogP contribution is 2.27. The normalized spacial score (nSPS) is 15.0. The van der Waals surface area contributed by atoms with Crippen molar-refractivity contribution in [2.45, 2.75) is 26.0 Å². The topological polar surface area (TPSA) is 71.8 Å². The molecular formula is C17H20N2O4. The van der Waals surface area contributed by atoms with Crippen LogP contribution in [0.3, 0.4) is 0 Å². The molecule has 0 spiro atoms. The standard InChI is InChI=1S/C17H20N2O4/c1-11-14(7-16(20)18-8-12(9-18)23-2)13-5-3-4-6-15(13)19(11)10-17(21)22/h3-6,12H,7-10H2,1-2H3,(H,21,22). The molecule has 0 unspecified atom stereocenters. The number of rotatable bonds is 5. The lowest BCUT2D eigenvalue weighted by molar-refractivity contribution is -0.142. The van der Waals surface area contributed by atoms with E-state index in [0.29, 0.717) is 13.1 Å². The van der Waals surface area contributed by atoms with Crippen LogP contribution in [0.1, 0.15) is 11.3 Å². The van der Waals surface area contributed by atoms with Gasteiger partial charge >= 0.3 is 5.97 Å². The van der Waals surface area contributed by atoms with Crippen molar-refractivity contribution in [3.63, 3.8) is 0 Å². The van der Waals surface area contributed by atoms with E-state index >= 15 is 0 Å². The maximum absolute atomic E-state index is 12.4. The van der Waals surface area contributed by atoms with Crippen molar-refractivity contribution in [2.24, 2.45) is 0 Å². The molecule has 2 heterocycles. The Balaban J connectivity index is 1.90. The number of hydrogen-bond donors (Lipinski definition) is 1. The van der Waals surface area contributed by atoms with E-state index in [9.17, 15) is 9.59 Å². The molecule has 1 aromatic carbocycles. The fourth-order valence-electron chi connectivity index (χ4n) is 3.12. The first-order chi connectivity index (χ1) is 11.0. The van der Waals surface area contributed by atoms with Gasteiger partial charge < -0.3 is 19.3 Å². The summed E-state index contributed by atoms with van der Waals surface area (Å²) >= 11 is 0. The van der Waals surface area contributed by atoms with Crippen molar-refractivity contribution in [1.29, 1.82) is 0 Å². The lowest BCUT2D eigenvalue weighted by Gasteiger charge is -2.38. The van der Waals surface area contributed by atoms with Crippen LogP contribution in [-0.4, -0.2) is 52.8 Å². The van der Waals surface area contributed by atoms with Crippen molar-refractivity contribution in [2.75, 3.05) is 20.2 Å². The van der Waals surface area contributed by atoms with Crippen LogP contribution < -0.4 is 0 Å². The number of methoxy groups -OCH3 is 1. The molecule has 6 heteroatoms. The number of amides is 1. The van der Waals surface area contributed by atoms with Crippen LogP contribution in [0.5, 0.6) is 0 Å². The summed E-state index contributed by atoms with van der Waals surface area (Å²) in [6.45, 7) is 3.03. The van der Waals surface area contributed by atoms with Gasteiger partial charge in [0.2, 0.25) is 5.91 Å². The summed E-state index contributed by atoms with van der Waals surface area (Å²) in [6.07, 6.45) is 0.420. The highest BCUT2D eigenvalue weighted by molar-refractivity contribution is 5.91. The van der Waals surface area contributed by atoms with Gasteiger partial charge in [0, 0.05) is 36.8 Å². The number of fused-ring (bicyclic) bond motifs is 1. The summed E-state index contributed by atoms with van der Waals surface area (Å²) in [5.74, 6) is -0.836. The Morgan fingerprint density at radius 2 is 2.00 bits per heavy atom. The number of carboxylic acids is 1. The molecule has 2 aromatic rings. The molecule has 1 aromatic heterocycles. The van der Waals surface area contributed by atoms with E-state index in [1.54, 1.807) is 16.6 Å². The van der Waals surface area contributed by atoms with Gasteiger partial charge in [0.15, 0.2) is 0 Å². The molecule has 1 aliphatic rings. The zero-order valence-electron chi connectivity index (χ0n) is 13.3. The van der Waals surface area contributed by atoms with E-state index in [1.165, 1.54) is 0 Å². The second kappa shape index (κ2) is 6.04. The molecule has 122 valence electrons. The van der Waals surface area contributed by atoms with Crippen LogP contribution in [-0.2, 0) is 27.3 Å². The minimum atomic E-state index is -0.891. The largest absolute Gasteiger partial charge is 0.480 e. The smallest absolute Gasteiger partial charge is 0.323 e. The summed E-state index contributed by atoms with van der Waals surface area (Å²) in [5, 5.41) is 10.1. The third-order valence-electron chi connectivity index (χ3n) is 4.52. The van der Waals surface area contributed by atoms with Gasteiger partial charge in [0.05, 0.1) is 12.5 Å². The summed E-state index contributed by atoms with van der Waals surface area (Å²) in [6, 6.07) is 7.62. The number of aliphatic carboxylic acids is 1. The number of ether oxygens (including phenoxy) is 1. The van der Waals surface area contributed by atoms with Crippen molar-refractivity contribution in [3.8, 4) is 0 Å². The SMILES string of the molecule is COC1CN(C(=O)Cc2c(C)n(CC(=O)O)c3ccccc23)C1. The Bertz CT molecular complexity index is 759. The second-order valence-electron chi connectivity index (χ2n) is 5.89. The first-order valence-corrected chi connectivity index (χ1v) is 7.60. The van der Waals surface area contributed by atoms with Gasteiger partial charge in [-0.2, -0.15) is 0 Å². The molecular weight excluding hydrogens is 296 g/mol. The lowest BCUT2D eigenvalue weighted by atomic mass is 10.0. The van der Waals surface area contributed by atoms with Crippen LogP contribution in [0.4, 0.5) is 0 Å². The minimum absolute atomic E-state index is 0.0552. The number of benzene rings is 1. The van der Waals surface area contributed by atoms with Gasteiger partial charge in [0.1, 0.15) is 6.54 Å². The Kier molecular flexibility index (Phi) is 4.09. The van der Waals surface area contributed by atoms with Gasteiger partial charge in [-0.1, -0.05) is 18.2 Å². The van der Waals surface area contributed by atoms with Gasteiger partial charge in [-0.15, -0.1) is 0 Å². The summed E-state index contributed by atoms with van der Waals surface area (Å²) < 4.78 is 6.95. The number of para-hydroxylation sites is 1. The van der Waals surface area contributed by atoms with E-state index in [0.717, 1.165) is 22.2 Å². The Morgan fingerprint density at radius 1 is 1.30 bits per heavy atom. The van der Waals surface area contributed by atoms with Gasteiger partial charge in [-0.3, -0.25) is 9.59 Å². The number of likely N-dealkylation sites (tertiary alicyclic amines) is 1. The zero-order valence-corrected chi connectivity index (χ0v) is 13.3. The number of hydrogen-bond acceptors (Lipinski definition) is 3. The van der Waals surface area contributed by atoms with Crippen molar-refractivity contribution >= 4 is 22.8 Å². The predicted molar refractivity (Wildman–Crippen MR) is 85.4 cm³/mol. The van der Waals surface area contributed by atoms with Crippen molar-refractivity contribution in [3.05, 3.63) is 35.5 Å². The summed E-state index contributed by atoms with van der Waals surface area (Å²) in [4.78, 5) is 25.3. The van der Waals surface area contributed by atoms with E-state index in [4.69, 9.17) is 9.84 Å². The molecule has 0 bridgehead atoms. The maximum Gasteiger partial charge on any atom is 0.323 e. The number of carbonyl (C=O) groups excluding carboxylic acids is 1.